The van der Waals surface area contributed by atoms with Crippen molar-refractivity contribution in [3.63, 3.8) is 0 Å². The third-order valence-corrected chi connectivity index (χ3v) is 7.16. The molecule has 2 atom stereocenters. The van der Waals surface area contributed by atoms with Crippen molar-refractivity contribution in [2.45, 2.75) is 103 Å². The third-order valence-electron chi connectivity index (χ3n) is 6.37. The van der Waals surface area contributed by atoms with Crippen LogP contribution in [0, 0.1) is 0 Å². The number of amides is 2. The number of piperidine rings is 1. The number of halogens is 1. The molecular weight excluding hydrogens is 454 g/mol. The summed E-state index contributed by atoms with van der Waals surface area (Å²) < 4.78 is 36.6. The number of hydrogen-bond acceptors (Lipinski definition) is 5. The first-order chi connectivity index (χ1) is 15.1. The van der Waals surface area contributed by atoms with E-state index in [0.29, 0.717) is 24.4 Å². The molecule has 2 heterocycles. The van der Waals surface area contributed by atoms with Crippen molar-refractivity contribution in [3.05, 3.63) is 0 Å². The average molecular weight is 498 g/mol. The van der Waals surface area contributed by atoms with Gasteiger partial charge in [-0.05, 0) is 38.5 Å². The van der Waals surface area contributed by atoms with Crippen LogP contribution in [0.5, 0.6) is 0 Å². The van der Waals surface area contributed by atoms with Crippen LogP contribution in [0.15, 0.2) is 0 Å². The van der Waals surface area contributed by atoms with Gasteiger partial charge in [-0.15, -0.1) is 0 Å². The standard InChI is InChI=1S/C16H36N.C6H9ClN2O5S/c1-5-9-13-17(14-10-6-2,15-11-7-3)16-12-8-4;7-5-2-1-4-3-8(5)6(10)9(4)14-15(11,12)13/h5-16H2,1-4H3;4-5H,1-3H2,(H,11,12,13)/q+1;/p-1/t;4-,5+/m.1/s1. The second-order valence-corrected chi connectivity index (χ2v) is 10.5. The van der Waals surface area contributed by atoms with E-state index in [2.05, 4.69) is 32.0 Å². The topological polar surface area (TPSA) is 90.0 Å². The summed E-state index contributed by atoms with van der Waals surface area (Å²) in [6, 6.07) is -1.08. The Bertz CT molecular complexity index is 612. The molecule has 190 valence electrons. The molecule has 2 fully saturated rings. The number of nitrogens with zero attached hydrogens (tertiary/aromatic N) is 3. The summed E-state index contributed by atoms with van der Waals surface area (Å²) >= 11 is 5.84. The van der Waals surface area contributed by atoms with Gasteiger partial charge >= 0.3 is 6.03 Å². The van der Waals surface area contributed by atoms with E-state index >= 15 is 0 Å². The largest absolute Gasteiger partial charge is 0.724 e. The number of rotatable bonds is 14. The maximum Gasteiger partial charge on any atom is 0.346 e. The van der Waals surface area contributed by atoms with Crippen LogP contribution in [0.1, 0.15) is 91.9 Å². The summed E-state index contributed by atoms with van der Waals surface area (Å²) in [7, 11) is -4.91. The molecule has 0 aromatic rings. The van der Waals surface area contributed by atoms with E-state index in [-0.39, 0.29) is 0 Å². The number of urea groups is 1. The minimum Gasteiger partial charge on any atom is -0.724 e. The average Bonchev–Trinajstić information content (AvgIpc) is 3.00. The summed E-state index contributed by atoms with van der Waals surface area (Å²) in [4.78, 5) is 12.8. The Labute approximate surface area is 200 Å². The molecule has 2 rings (SSSR count). The lowest BCUT2D eigenvalue weighted by molar-refractivity contribution is -0.929. The van der Waals surface area contributed by atoms with E-state index in [1.807, 2.05) is 0 Å². The summed E-state index contributed by atoms with van der Waals surface area (Å²) in [6.07, 6.45) is 12.1. The number of carbonyl (C=O) groups is 1. The third kappa shape index (κ3) is 9.71. The lowest BCUT2D eigenvalue weighted by Gasteiger charge is -2.39. The minimum atomic E-state index is -4.91. The second-order valence-electron chi connectivity index (χ2n) is 9.06. The number of hydrogen-bond donors (Lipinski definition) is 0. The zero-order chi connectivity index (χ0) is 24.2. The number of unbranched alkanes of at least 4 members (excludes halogenated alkanes) is 4. The Kier molecular flexibility index (Phi) is 13.4. The Balaban J connectivity index is 0.000000321. The van der Waals surface area contributed by atoms with Crippen molar-refractivity contribution in [2.24, 2.45) is 0 Å². The molecule has 32 heavy (non-hydrogen) atoms. The Morgan fingerprint density at radius 1 is 0.938 bits per heavy atom. The summed E-state index contributed by atoms with van der Waals surface area (Å²) in [5.41, 5.74) is -0.461. The van der Waals surface area contributed by atoms with Crippen LogP contribution in [0.25, 0.3) is 0 Å². The molecule has 2 aliphatic rings. The highest BCUT2D eigenvalue weighted by Crippen LogP contribution is 2.31. The molecule has 0 N–H and O–H groups in total. The van der Waals surface area contributed by atoms with Gasteiger partial charge in [0.1, 0.15) is 5.50 Å². The number of carbonyl (C=O) groups excluding carboxylic acids is 1. The van der Waals surface area contributed by atoms with E-state index in [0.717, 1.165) is 0 Å². The number of hydroxylamine groups is 2. The monoisotopic (exact) mass is 497 g/mol. The van der Waals surface area contributed by atoms with Gasteiger partial charge < -0.3 is 13.9 Å². The Hall–Kier alpha value is -0.610. The summed E-state index contributed by atoms with van der Waals surface area (Å²) in [5, 5.41) is 0.602. The Morgan fingerprint density at radius 3 is 1.72 bits per heavy atom. The van der Waals surface area contributed by atoms with Crippen molar-refractivity contribution in [2.75, 3.05) is 32.7 Å². The maximum absolute atomic E-state index is 11.5. The van der Waals surface area contributed by atoms with Crippen LogP contribution in [-0.4, -0.2) is 77.7 Å². The van der Waals surface area contributed by atoms with E-state index < -0.39 is 28.0 Å². The molecule has 2 bridgehead atoms. The number of quaternary nitrogens is 1. The molecule has 0 spiro atoms. The fourth-order valence-corrected chi connectivity index (χ4v) is 5.10. The van der Waals surface area contributed by atoms with Gasteiger partial charge in [0.15, 0.2) is 0 Å². The molecule has 0 aliphatic carbocycles. The molecule has 0 aromatic carbocycles. The van der Waals surface area contributed by atoms with Crippen LogP contribution in [-0.2, 0) is 14.7 Å². The van der Waals surface area contributed by atoms with Crippen molar-refractivity contribution < 1.29 is 26.5 Å². The van der Waals surface area contributed by atoms with Crippen LogP contribution >= 0.6 is 11.6 Å². The van der Waals surface area contributed by atoms with E-state index in [1.165, 1.54) is 86.9 Å². The quantitative estimate of drug-likeness (QED) is 0.112. The maximum atomic E-state index is 11.5. The van der Waals surface area contributed by atoms with E-state index in [1.54, 1.807) is 0 Å². The van der Waals surface area contributed by atoms with Gasteiger partial charge in [-0.3, -0.25) is 0 Å². The molecule has 0 unspecified atom stereocenters. The van der Waals surface area contributed by atoms with Gasteiger partial charge in [0.2, 0.25) is 10.4 Å². The molecular formula is C22H44ClN3O5S. The first-order valence-electron chi connectivity index (χ1n) is 12.4. The normalized spacial score (nSPS) is 21.0. The van der Waals surface area contributed by atoms with Crippen molar-refractivity contribution in [1.82, 2.24) is 9.96 Å². The van der Waals surface area contributed by atoms with Gasteiger partial charge in [-0.2, -0.15) is 9.35 Å². The Morgan fingerprint density at radius 2 is 1.38 bits per heavy atom. The second kappa shape index (κ2) is 14.6. The molecule has 0 aromatic heterocycles. The van der Waals surface area contributed by atoms with Crippen LogP contribution in [0.2, 0.25) is 0 Å². The zero-order valence-electron chi connectivity index (χ0n) is 20.4. The van der Waals surface area contributed by atoms with Gasteiger partial charge in [-0.25, -0.2) is 13.2 Å². The van der Waals surface area contributed by atoms with Gasteiger partial charge in [-0.1, -0.05) is 65.0 Å². The SMILES string of the molecule is CCCC[N+](CCCC)(CCCC)CCCC.O=C1N2C[C@@H](CC[C@H]2Cl)N1OS(=O)(=O)[O-]. The molecule has 0 saturated carbocycles. The highest BCUT2D eigenvalue weighted by Gasteiger charge is 2.45. The van der Waals surface area contributed by atoms with Gasteiger partial charge in [0, 0.05) is 6.54 Å². The molecule has 10 heteroatoms. The van der Waals surface area contributed by atoms with Crippen molar-refractivity contribution >= 4 is 28.0 Å². The van der Waals surface area contributed by atoms with Crippen LogP contribution in [0.3, 0.4) is 0 Å². The summed E-state index contributed by atoms with van der Waals surface area (Å²) in [6.45, 7) is 15.3. The minimum absolute atomic E-state index is 0.294. The van der Waals surface area contributed by atoms with E-state index in [4.69, 9.17) is 11.6 Å². The van der Waals surface area contributed by atoms with Crippen molar-refractivity contribution in [1.29, 1.82) is 0 Å². The van der Waals surface area contributed by atoms with Gasteiger partial charge in [0.05, 0.1) is 32.2 Å². The van der Waals surface area contributed by atoms with Gasteiger partial charge in [0.25, 0.3) is 0 Å². The van der Waals surface area contributed by atoms with Crippen LogP contribution < -0.4 is 0 Å². The first kappa shape index (κ1) is 29.4. The first-order valence-corrected chi connectivity index (χ1v) is 14.1. The number of fused-ring (bicyclic) bond motifs is 2. The smallest absolute Gasteiger partial charge is 0.346 e. The lowest BCUT2D eigenvalue weighted by atomic mass is 10.1. The molecule has 2 amide bonds. The predicted molar refractivity (Wildman–Crippen MR) is 127 cm³/mol. The highest BCUT2D eigenvalue weighted by molar-refractivity contribution is 7.80. The lowest BCUT2D eigenvalue weighted by Crippen LogP contribution is -2.50. The zero-order valence-corrected chi connectivity index (χ0v) is 22.0. The van der Waals surface area contributed by atoms with E-state index in [9.17, 15) is 17.8 Å². The fourth-order valence-electron chi connectivity index (χ4n) is 4.43. The molecule has 8 nitrogen and oxygen atoms in total. The van der Waals surface area contributed by atoms with Crippen molar-refractivity contribution in [3.8, 4) is 0 Å². The predicted octanol–water partition coefficient (Wildman–Crippen LogP) is 4.85. The molecule has 2 saturated heterocycles. The summed E-state index contributed by atoms with van der Waals surface area (Å²) in [5.74, 6) is 0. The fraction of sp³-hybridized carbons (Fsp3) is 0.955. The number of alkyl halides is 1. The molecule has 0 radical (unpaired) electrons. The molecule has 2 aliphatic heterocycles. The highest BCUT2D eigenvalue weighted by atomic mass is 35.5. The van der Waals surface area contributed by atoms with Crippen LogP contribution in [0.4, 0.5) is 4.79 Å².